The predicted octanol–water partition coefficient (Wildman–Crippen LogP) is 11.4. The van der Waals surface area contributed by atoms with E-state index in [0.29, 0.717) is 123 Å². The number of imide groups is 4. The van der Waals surface area contributed by atoms with Crippen LogP contribution in [0.25, 0.3) is 22.3 Å². The van der Waals surface area contributed by atoms with Crippen LogP contribution in [0.4, 0.5) is 57.9 Å². The van der Waals surface area contributed by atoms with Crippen molar-refractivity contribution in [2.45, 2.75) is 153 Å². The number of halogens is 8. The highest BCUT2D eigenvalue weighted by molar-refractivity contribution is 6.25. The van der Waals surface area contributed by atoms with Gasteiger partial charge in [-0.05, 0) is 177 Å². The molecule has 2 unspecified atom stereocenters. The maximum absolute atomic E-state index is 15.9. The maximum atomic E-state index is 15.9. The molecule has 6 aliphatic heterocycles. The number of alkyl halides is 6. The minimum Gasteiger partial charge on any atom is -0.478 e. The number of fused-ring (bicyclic) bond motifs is 2. The smallest absolute Gasteiger partial charge is 0.417 e. The van der Waals surface area contributed by atoms with Gasteiger partial charge in [-0.1, -0.05) is 61.0 Å². The van der Waals surface area contributed by atoms with Crippen LogP contribution in [0, 0.1) is 11.6 Å². The number of hydrogen-bond acceptors (Lipinski definition) is 19. The Bertz CT molecular complexity index is 5770. The van der Waals surface area contributed by atoms with Gasteiger partial charge in [-0.2, -0.15) is 26.3 Å². The van der Waals surface area contributed by atoms with E-state index in [-0.39, 0.29) is 118 Å². The minimum atomic E-state index is -4.99. The summed E-state index contributed by atoms with van der Waals surface area (Å²) in [7, 11) is 3.97. The molecule has 656 valence electrons. The number of aromatic carboxylic acids is 1. The highest BCUT2D eigenvalue weighted by atomic mass is 19.4. The lowest BCUT2D eigenvalue weighted by Gasteiger charge is -2.44. The van der Waals surface area contributed by atoms with Crippen molar-refractivity contribution < 1.29 is 97.8 Å². The Morgan fingerprint density at radius 1 is 0.480 bits per heavy atom. The number of nitrogens with two attached hydrogens (primary N) is 1. The number of likely N-dealkylation sites (N-methyl/N-ethyl adjacent to an activating group) is 2. The number of aromatic nitrogens is 2. The fourth-order valence-corrected chi connectivity index (χ4v) is 16.3. The second kappa shape index (κ2) is 37.9. The molecule has 6 atom stereocenters. The molecule has 0 saturated carbocycles. The predicted molar refractivity (Wildman–Crippen MR) is 443 cm³/mol. The van der Waals surface area contributed by atoms with E-state index >= 15 is 4.39 Å². The number of aryl methyl sites for hydroxylation is 2. The van der Waals surface area contributed by atoms with E-state index in [1.807, 2.05) is 57.7 Å². The molecular formula is C89H89F8N13O15. The van der Waals surface area contributed by atoms with Crippen molar-refractivity contribution in [2.75, 3.05) is 67.3 Å². The average molecular weight is 1730 g/mol. The number of piperidine rings is 2. The molecule has 10 amide bonds. The summed E-state index contributed by atoms with van der Waals surface area (Å²) in [5.74, 6) is -9.62. The number of nitrogens with one attached hydrogen (secondary N) is 6. The van der Waals surface area contributed by atoms with Crippen LogP contribution in [0.2, 0.25) is 0 Å². The van der Waals surface area contributed by atoms with E-state index < -0.39 is 129 Å². The molecule has 8 aromatic rings. The number of ketones is 1. The molecule has 4 fully saturated rings. The summed E-state index contributed by atoms with van der Waals surface area (Å²) >= 11 is 0. The number of pyridine rings is 2. The number of H-pyrrole nitrogens is 2. The normalized spacial score (nSPS) is 19.2. The number of piperazine rings is 2. The second-order valence-corrected chi connectivity index (χ2v) is 31.7. The van der Waals surface area contributed by atoms with E-state index in [2.05, 4.69) is 41.0 Å². The van der Waals surface area contributed by atoms with Crippen molar-refractivity contribution in [3.8, 4) is 22.3 Å². The molecule has 28 nitrogen and oxygen atoms in total. The lowest BCUT2D eigenvalue weighted by molar-refractivity contribution is -0.138. The number of rotatable bonds is 22. The molecular weight excluding hydrogens is 1640 g/mol. The summed E-state index contributed by atoms with van der Waals surface area (Å²) in [6.07, 6.45) is -3.76. The Balaban J connectivity index is 0.000000191. The first kappa shape index (κ1) is 91.0. The van der Waals surface area contributed by atoms with Gasteiger partial charge in [0.15, 0.2) is 5.78 Å². The first-order valence-corrected chi connectivity index (χ1v) is 40.4. The molecule has 2 aromatic heterocycles. The van der Waals surface area contributed by atoms with Crippen LogP contribution in [-0.4, -0.2) is 189 Å². The first-order valence-electron chi connectivity index (χ1n) is 40.4. The van der Waals surface area contributed by atoms with Crippen LogP contribution in [0.3, 0.4) is 0 Å². The van der Waals surface area contributed by atoms with Crippen LogP contribution >= 0.6 is 0 Å². The number of aromatic amines is 2. The molecule has 36 heteroatoms. The molecule has 4 saturated heterocycles. The maximum Gasteiger partial charge on any atom is 0.417 e. The van der Waals surface area contributed by atoms with Gasteiger partial charge in [0.25, 0.3) is 35.4 Å². The Morgan fingerprint density at radius 3 is 1.26 bits per heavy atom. The first-order chi connectivity index (χ1) is 59.2. The van der Waals surface area contributed by atoms with Crippen LogP contribution in [0.5, 0.6) is 0 Å². The zero-order valence-electron chi connectivity index (χ0n) is 68.6. The largest absolute Gasteiger partial charge is 0.478 e. The zero-order chi connectivity index (χ0) is 90.5. The summed E-state index contributed by atoms with van der Waals surface area (Å²) in [5.41, 5.74) is 3.50. The lowest BCUT2D eigenvalue weighted by Crippen LogP contribution is -2.55. The number of carbonyl (C=O) groups is 12. The van der Waals surface area contributed by atoms with Gasteiger partial charge < -0.3 is 41.2 Å². The summed E-state index contributed by atoms with van der Waals surface area (Å²) < 4.78 is 113. The molecule has 6 aliphatic rings. The summed E-state index contributed by atoms with van der Waals surface area (Å²) in [6.45, 7) is 10.8. The fraction of sp³-hybridized carbons (Fsp3) is 0.348. The monoisotopic (exact) mass is 1730 g/mol. The number of carboxylic acids is 1. The molecule has 125 heavy (non-hydrogen) atoms. The highest BCUT2D eigenvalue weighted by Gasteiger charge is 2.48. The van der Waals surface area contributed by atoms with E-state index in [9.17, 15) is 97.9 Å². The Hall–Kier alpha value is -13.2. The number of Topliss-reactive ketones (excluding diaryl/α,β-unsaturated/α-hetero) is 1. The van der Waals surface area contributed by atoms with Crippen molar-refractivity contribution in [2.24, 2.45) is 5.73 Å². The number of carboxylic acid groups (broad SMARTS) is 1. The van der Waals surface area contributed by atoms with Crippen molar-refractivity contribution in [1.29, 1.82) is 0 Å². The standard InChI is InChI=1S/C45H44F4N6O7.C27H26F4N4O4.C17H19N3O4/c1-24-22-54(23-25(2)53(24)3)35-15-13-27(19-34(35)51-41(59)31-21-50-39(58)20-32(31)45(47,48)49)29-14-12-28(18-33(29)46)37(56)11-6-4-5-8-26-9-7-10-30-40(26)44(62)55(43(30)61)36-16-17-38(57)52-42(36)60;1-14-12-35(13-15(2)34(14)3)23-7-5-16(18-6-4-17(26(38)39)8-21(18)28)9-22(23)33-25(37)19-11-32-24(36)10-20(19)27(29,30)31;18-9-2-1-4-10-5-3-6-11-14(10)17(24)20(16(11)23)12-7-8-13(21)19-15(12)22/h7,9-10,12-15,18-21,24-25,36H,4-6,8,11,16-17,22-23H2,1-3H3,(H,50,58)(H,51,59)(H,52,57,60);4-11,14-15H,12-13H2,1-3H3,(H,32,36)(H,33,37)(H,38,39);3,5-6,12H,1-2,4,7-9,18H2,(H,19,21,22)/t24-,25+,36?;14-,15+;. The Kier molecular flexibility index (Phi) is 27.6. The van der Waals surface area contributed by atoms with Gasteiger partial charge in [0, 0.05) is 111 Å². The van der Waals surface area contributed by atoms with Crippen molar-refractivity contribution >= 4 is 93.6 Å². The van der Waals surface area contributed by atoms with Gasteiger partial charge >= 0.3 is 18.3 Å². The molecule has 0 bridgehead atoms. The molecule has 0 spiro atoms. The summed E-state index contributed by atoms with van der Waals surface area (Å²) in [6, 6.07) is 26.0. The average Bonchev–Trinajstić information content (AvgIpc) is 1.61. The third-order valence-corrected chi connectivity index (χ3v) is 23.3. The van der Waals surface area contributed by atoms with Crippen LogP contribution in [0.1, 0.15) is 197 Å². The number of hydrogen-bond donors (Lipinski definition) is 8. The quantitative estimate of drug-likeness (QED) is 0.0135. The van der Waals surface area contributed by atoms with E-state index in [1.165, 1.54) is 42.5 Å². The third-order valence-electron chi connectivity index (χ3n) is 23.3. The fourth-order valence-electron chi connectivity index (χ4n) is 16.3. The van der Waals surface area contributed by atoms with Gasteiger partial charge in [-0.15, -0.1) is 0 Å². The molecule has 9 N–H and O–H groups in total. The van der Waals surface area contributed by atoms with Gasteiger partial charge in [-0.3, -0.25) is 92.6 Å². The zero-order valence-corrected chi connectivity index (χ0v) is 68.6. The summed E-state index contributed by atoms with van der Waals surface area (Å²) in [5, 5.41) is 18.6. The Morgan fingerprint density at radius 2 is 0.880 bits per heavy atom. The topological polar surface area (TPSA) is 384 Å². The Labute approximate surface area is 709 Å². The number of unbranched alkanes of at least 4 members (excludes halogenated alkanes) is 3. The number of anilines is 4. The number of carbonyl (C=O) groups excluding carboxylic acids is 11. The SMILES string of the molecule is C[C@@H]1CN(c2ccc(-c3ccc(C(=O)CCCCCc4cccc5c4C(=O)N(C4CCC(=O)NC4=O)C5=O)cc3F)cc2NC(=O)c2c[nH]c(=O)cc2C(F)(F)F)C[C@H](C)N1C.C[C@@H]1CN(c2ccc(-c3ccc(C(=O)O)cc3F)cc2NC(=O)c2c[nH]c(=O)cc2C(F)(F)F)C[C@H](C)N1C.NCCCCc1cccc2c1C(=O)N(C1CCC(=O)NC1=O)C2=O. The van der Waals surface area contributed by atoms with Crippen molar-refractivity contribution in [3.63, 3.8) is 0 Å². The second-order valence-electron chi connectivity index (χ2n) is 31.7. The molecule has 14 rings (SSSR count). The van der Waals surface area contributed by atoms with E-state index in [1.54, 1.807) is 48.5 Å². The molecule has 8 heterocycles. The van der Waals surface area contributed by atoms with Gasteiger partial charge in [0.05, 0.1) is 72.8 Å². The van der Waals surface area contributed by atoms with Gasteiger partial charge in [0.1, 0.15) is 23.7 Å². The van der Waals surface area contributed by atoms with Crippen LogP contribution < -0.4 is 47.9 Å². The number of benzene rings is 6. The van der Waals surface area contributed by atoms with Gasteiger partial charge in [0.2, 0.25) is 34.7 Å². The molecule has 0 radical (unpaired) electrons. The van der Waals surface area contributed by atoms with Crippen molar-refractivity contribution in [3.05, 3.63) is 233 Å². The van der Waals surface area contributed by atoms with Crippen molar-refractivity contribution in [1.82, 2.24) is 40.2 Å². The number of amides is 10. The van der Waals surface area contributed by atoms with Crippen LogP contribution in [-0.2, 0) is 44.4 Å². The molecule has 0 aliphatic carbocycles. The van der Waals surface area contributed by atoms with Crippen LogP contribution in [0.15, 0.2) is 143 Å². The lowest BCUT2D eigenvalue weighted by atomic mass is 9.96. The van der Waals surface area contributed by atoms with E-state index in [0.717, 1.165) is 40.3 Å². The van der Waals surface area contributed by atoms with E-state index in [4.69, 9.17) is 10.8 Å². The minimum absolute atomic E-state index is 0.0135. The third kappa shape index (κ3) is 20.0. The highest BCUT2D eigenvalue weighted by Crippen LogP contribution is 2.41. The molecule has 6 aromatic carbocycles. The summed E-state index contributed by atoms with van der Waals surface area (Å²) in [4.78, 5) is 188. The number of nitrogens with zero attached hydrogens (tertiary/aromatic N) is 6. The van der Waals surface area contributed by atoms with Gasteiger partial charge in [-0.25, -0.2) is 13.6 Å².